The van der Waals surface area contributed by atoms with E-state index >= 15 is 0 Å². The molecule has 1 aliphatic carbocycles. The fraction of sp³-hybridized carbons (Fsp3) is 0.429. The van der Waals surface area contributed by atoms with Crippen molar-refractivity contribution in [3.05, 3.63) is 40.7 Å². The van der Waals surface area contributed by atoms with Crippen LogP contribution >= 0.6 is 11.6 Å². The van der Waals surface area contributed by atoms with Gasteiger partial charge in [-0.3, -0.25) is 9.69 Å². The van der Waals surface area contributed by atoms with Crippen LogP contribution in [-0.4, -0.2) is 54.3 Å². The minimum Gasteiger partial charge on any atom is -0.480 e. The molecule has 2 amide bonds. The molecular weight excluding hydrogens is 436 g/mol. The maximum absolute atomic E-state index is 12.3. The van der Waals surface area contributed by atoms with Gasteiger partial charge in [0.2, 0.25) is 0 Å². The van der Waals surface area contributed by atoms with E-state index < -0.39 is 6.09 Å². The second kappa shape index (κ2) is 8.53. The standard InChI is InChI=1S/C21H23ClN6O4/c22-19-14-7-11(18(23)13(14)4-6-25-19)8-24-5-3-12-9-28(21(30)32-12)16-2-1-15-20(26-16)27-17(29)10-31-15/h1-2,4,6,11-12,18,24H,3,5,7-10,23H2,(H,26,27,29). The normalized spacial score (nSPS) is 23.9. The molecule has 11 heteroatoms. The first kappa shape index (κ1) is 20.9. The first-order valence-electron chi connectivity index (χ1n) is 10.5. The first-order chi connectivity index (χ1) is 15.5. The molecule has 3 atom stereocenters. The Hall–Kier alpha value is -2.95. The van der Waals surface area contributed by atoms with Gasteiger partial charge in [-0.25, -0.2) is 14.8 Å². The van der Waals surface area contributed by atoms with Crippen molar-refractivity contribution in [1.82, 2.24) is 15.3 Å². The van der Waals surface area contributed by atoms with Crippen molar-refractivity contribution in [3.63, 3.8) is 0 Å². The van der Waals surface area contributed by atoms with Crippen LogP contribution < -0.4 is 26.0 Å². The SMILES string of the molecule is NC1c2ccnc(Cl)c2CC1CNCCC1CN(c2ccc3c(n2)NC(=O)CO3)C(=O)O1. The molecule has 0 saturated carbocycles. The Morgan fingerprint density at radius 3 is 3.03 bits per heavy atom. The third kappa shape index (κ3) is 3.96. The number of hydrogen-bond donors (Lipinski definition) is 3. The van der Waals surface area contributed by atoms with Gasteiger partial charge >= 0.3 is 6.09 Å². The summed E-state index contributed by atoms with van der Waals surface area (Å²) in [5, 5.41) is 6.60. The number of hydrogen-bond acceptors (Lipinski definition) is 8. The van der Waals surface area contributed by atoms with Crippen LogP contribution in [0.25, 0.3) is 0 Å². The van der Waals surface area contributed by atoms with E-state index in [-0.39, 0.29) is 30.6 Å². The number of anilines is 2. The van der Waals surface area contributed by atoms with Gasteiger partial charge in [0.05, 0.1) is 6.54 Å². The number of nitrogens with zero attached hydrogens (tertiary/aromatic N) is 3. The first-order valence-corrected chi connectivity index (χ1v) is 10.9. The molecule has 0 radical (unpaired) electrons. The topological polar surface area (TPSA) is 132 Å². The van der Waals surface area contributed by atoms with Gasteiger partial charge in [-0.05, 0) is 54.6 Å². The Labute approximate surface area is 189 Å². The van der Waals surface area contributed by atoms with E-state index in [4.69, 9.17) is 26.8 Å². The smallest absolute Gasteiger partial charge is 0.415 e. The number of rotatable bonds is 6. The van der Waals surface area contributed by atoms with E-state index in [1.165, 1.54) is 4.90 Å². The lowest BCUT2D eigenvalue weighted by Crippen LogP contribution is -2.32. The number of carbonyl (C=O) groups is 2. The van der Waals surface area contributed by atoms with Gasteiger partial charge in [0.15, 0.2) is 18.2 Å². The molecule has 1 saturated heterocycles. The third-order valence-corrected chi connectivity index (χ3v) is 6.36. The predicted molar refractivity (Wildman–Crippen MR) is 117 cm³/mol. The Kier molecular flexibility index (Phi) is 5.58. The maximum Gasteiger partial charge on any atom is 0.415 e. The fourth-order valence-electron chi connectivity index (χ4n) is 4.35. The molecule has 2 aromatic rings. The van der Waals surface area contributed by atoms with Crippen LogP contribution in [0.1, 0.15) is 23.6 Å². The van der Waals surface area contributed by atoms with E-state index in [9.17, 15) is 9.59 Å². The molecule has 1 fully saturated rings. The number of nitrogens with two attached hydrogens (primary N) is 1. The van der Waals surface area contributed by atoms with Gasteiger partial charge < -0.3 is 25.8 Å². The van der Waals surface area contributed by atoms with Gasteiger partial charge in [0, 0.05) is 18.8 Å². The lowest BCUT2D eigenvalue weighted by atomic mass is 10.0. The van der Waals surface area contributed by atoms with Crippen molar-refractivity contribution in [1.29, 1.82) is 0 Å². The summed E-state index contributed by atoms with van der Waals surface area (Å²) in [6.07, 6.45) is 2.43. The van der Waals surface area contributed by atoms with Crippen LogP contribution in [0, 0.1) is 5.92 Å². The summed E-state index contributed by atoms with van der Waals surface area (Å²) < 4.78 is 10.8. The molecule has 4 heterocycles. The second-order valence-electron chi connectivity index (χ2n) is 8.12. The largest absolute Gasteiger partial charge is 0.480 e. The molecule has 0 bridgehead atoms. The molecule has 5 rings (SSSR count). The summed E-state index contributed by atoms with van der Waals surface area (Å²) in [7, 11) is 0. The summed E-state index contributed by atoms with van der Waals surface area (Å²) in [5.41, 5.74) is 8.48. The quantitative estimate of drug-likeness (QED) is 0.439. The fourth-order valence-corrected chi connectivity index (χ4v) is 4.59. The van der Waals surface area contributed by atoms with Gasteiger partial charge in [-0.1, -0.05) is 11.6 Å². The number of halogens is 1. The minimum absolute atomic E-state index is 0.0450. The average molecular weight is 459 g/mol. The summed E-state index contributed by atoms with van der Waals surface area (Å²) in [6.45, 7) is 1.76. The van der Waals surface area contributed by atoms with Crippen LogP contribution in [0.15, 0.2) is 24.4 Å². The lowest BCUT2D eigenvalue weighted by molar-refractivity contribution is -0.118. The second-order valence-corrected chi connectivity index (χ2v) is 8.48. The molecule has 3 aliphatic rings. The molecule has 2 aromatic heterocycles. The predicted octanol–water partition coefficient (Wildman–Crippen LogP) is 1.64. The zero-order valence-electron chi connectivity index (χ0n) is 17.2. The Morgan fingerprint density at radius 1 is 1.31 bits per heavy atom. The monoisotopic (exact) mass is 458 g/mol. The van der Waals surface area contributed by atoms with E-state index in [2.05, 4.69) is 20.6 Å². The van der Waals surface area contributed by atoms with Crippen LogP contribution in [0.2, 0.25) is 5.15 Å². The number of nitrogens with one attached hydrogen (secondary N) is 2. The number of aromatic nitrogens is 2. The van der Waals surface area contributed by atoms with Gasteiger partial charge in [0.25, 0.3) is 5.91 Å². The number of fused-ring (bicyclic) bond motifs is 2. The summed E-state index contributed by atoms with van der Waals surface area (Å²) in [5.74, 6) is 1.16. The molecule has 4 N–H and O–H groups in total. The summed E-state index contributed by atoms with van der Waals surface area (Å²) in [4.78, 5) is 33.8. The highest BCUT2D eigenvalue weighted by Crippen LogP contribution is 2.37. The van der Waals surface area contributed by atoms with Crippen molar-refractivity contribution >= 4 is 35.2 Å². The summed E-state index contributed by atoms with van der Waals surface area (Å²) in [6, 6.07) is 5.23. The van der Waals surface area contributed by atoms with Crippen LogP contribution in [0.3, 0.4) is 0 Å². The highest BCUT2D eigenvalue weighted by atomic mass is 35.5. The van der Waals surface area contributed by atoms with Gasteiger partial charge in [-0.15, -0.1) is 0 Å². The van der Waals surface area contributed by atoms with Crippen molar-refractivity contribution < 1.29 is 19.1 Å². The maximum atomic E-state index is 12.3. The van der Waals surface area contributed by atoms with Crippen molar-refractivity contribution in [2.24, 2.45) is 11.7 Å². The van der Waals surface area contributed by atoms with Crippen molar-refractivity contribution in [2.45, 2.75) is 25.0 Å². The highest BCUT2D eigenvalue weighted by molar-refractivity contribution is 6.30. The van der Waals surface area contributed by atoms with Crippen LogP contribution in [0.5, 0.6) is 5.75 Å². The molecule has 2 aliphatic heterocycles. The number of cyclic esters (lactones) is 1. The minimum atomic E-state index is -0.457. The van der Waals surface area contributed by atoms with Crippen LogP contribution in [-0.2, 0) is 16.0 Å². The molecule has 32 heavy (non-hydrogen) atoms. The molecule has 3 unspecified atom stereocenters. The molecule has 168 valence electrons. The number of amides is 2. The van der Waals surface area contributed by atoms with Gasteiger partial charge in [-0.2, -0.15) is 0 Å². The van der Waals surface area contributed by atoms with E-state index in [0.717, 1.165) is 24.1 Å². The third-order valence-electron chi connectivity index (χ3n) is 6.03. The molecule has 0 aromatic carbocycles. The van der Waals surface area contributed by atoms with Crippen molar-refractivity contribution in [2.75, 3.05) is 36.5 Å². The lowest BCUT2D eigenvalue weighted by Gasteiger charge is -2.19. The molecular formula is C21H23ClN6O4. The molecule has 0 spiro atoms. The summed E-state index contributed by atoms with van der Waals surface area (Å²) >= 11 is 6.20. The van der Waals surface area contributed by atoms with Crippen LogP contribution in [0.4, 0.5) is 16.4 Å². The zero-order chi connectivity index (χ0) is 22.2. The van der Waals surface area contributed by atoms with Gasteiger partial charge in [0.1, 0.15) is 17.1 Å². The van der Waals surface area contributed by atoms with E-state index in [1.807, 2.05) is 6.07 Å². The average Bonchev–Trinajstić information content (AvgIpc) is 3.31. The number of carbonyl (C=O) groups excluding carboxylic acids is 2. The number of pyridine rings is 2. The molecule has 10 nitrogen and oxygen atoms in total. The van der Waals surface area contributed by atoms with Crippen molar-refractivity contribution in [3.8, 4) is 5.75 Å². The Morgan fingerprint density at radius 2 is 2.19 bits per heavy atom. The Bertz CT molecular complexity index is 1070. The zero-order valence-corrected chi connectivity index (χ0v) is 18.0. The Balaban J connectivity index is 1.12. The number of ether oxygens (including phenoxy) is 2. The van der Waals surface area contributed by atoms with E-state index in [1.54, 1.807) is 18.3 Å². The van der Waals surface area contributed by atoms with E-state index in [0.29, 0.717) is 42.0 Å². The highest BCUT2D eigenvalue weighted by Gasteiger charge is 2.34.